The molecular weight excluding hydrogens is 292 g/mol. The highest BCUT2D eigenvalue weighted by Crippen LogP contribution is 2.42. The van der Waals surface area contributed by atoms with Crippen molar-refractivity contribution in [1.82, 2.24) is 0 Å². The van der Waals surface area contributed by atoms with Crippen LogP contribution in [0, 0.1) is 11.3 Å². The van der Waals surface area contributed by atoms with E-state index in [2.05, 4.69) is 0 Å². The van der Waals surface area contributed by atoms with Gasteiger partial charge in [0.1, 0.15) is 24.0 Å². The fraction of sp³-hybridized carbons (Fsp3) is 0.143. The van der Waals surface area contributed by atoms with Crippen LogP contribution >= 0.6 is 11.3 Å². The second kappa shape index (κ2) is 5.09. The Hall–Kier alpha value is -2.56. The van der Waals surface area contributed by atoms with E-state index >= 15 is 0 Å². The van der Waals surface area contributed by atoms with Gasteiger partial charge in [0.05, 0.1) is 5.92 Å². The molecule has 3 N–H and O–H groups in total. The molecule has 1 atom stereocenters. The fourth-order valence-corrected chi connectivity index (χ4v) is 3.04. The van der Waals surface area contributed by atoms with Crippen LogP contribution < -0.4 is 15.9 Å². The molecule has 2 aromatic heterocycles. The molecule has 1 aliphatic heterocycles. The first-order chi connectivity index (χ1) is 10.2. The molecule has 0 fully saturated rings. The van der Waals surface area contributed by atoms with Crippen LogP contribution in [0.1, 0.15) is 22.3 Å². The highest BCUT2D eigenvalue weighted by Gasteiger charge is 2.35. The molecule has 0 saturated heterocycles. The predicted molar refractivity (Wildman–Crippen MR) is 74.5 cm³/mol. The molecule has 21 heavy (non-hydrogen) atoms. The fourth-order valence-electron chi connectivity index (χ4n) is 2.20. The average Bonchev–Trinajstić information content (AvgIpc) is 3.00. The molecule has 2 aromatic rings. The summed E-state index contributed by atoms with van der Waals surface area (Å²) >= 11 is 1.41. The van der Waals surface area contributed by atoms with E-state index < -0.39 is 18.0 Å². The van der Waals surface area contributed by atoms with Crippen LogP contribution in [-0.2, 0) is 6.61 Å². The van der Waals surface area contributed by atoms with E-state index in [-0.39, 0.29) is 28.7 Å². The zero-order valence-corrected chi connectivity index (χ0v) is 11.5. The molecule has 3 rings (SSSR count). The Kier molecular flexibility index (Phi) is 3.25. The first-order valence-corrected chi connectivity index (χ1v) is 6.92. The minimum absolute atomic E-state index is 0.0397. The van der Waals surface area contributed by atoms with Crippen molar-refractivity contribution in [2.75, 3.05) is 0 Å². The zero-order chi connectivity index (χ0) is 15.0. The zero-order valence-electron chi connectivity index (χ0n) is 10.7. The van der Waals surface area contributed by atoms with Gasteiger partial charge < -0.3 is 20.0 Å². The molecule has 0 radical (unpaired) electrons. The Morgan fingerprint density at radius 2 is 2.33 bits per heavy atom. The Bertz CT molecular complexity index is 814. The van der Waals surface area contributed by atoms with E-state index in [9.17, 15) is 15.2 Å². The second-order valence-electron chi connectivity index (χ2n) is 4.37. The van der Waals surface area contributed by atoms with Gasteiger partial charge in [-0.25, -0.2) is 0 Å². The third-order valence-corrected chi connectivity index (χ3v) is 4.05. The van der Waals surface area contributed by atoms with Crippen molar-refractivity contribution in [3.05, 3.63) is 61.7 Å². The lowest BCUT2D eigenvalue weighted by atomic mass is 9.93. The number of thiophene rings is 1. The van der Waals surface area contributed by atoms with Gasteiger partial charge in [-0.15, -0.1) is 11.3 Å². The molecule has 3 heterocycles. The van der Waals surface area contributed by atoms with Gasteiger partial charge in [0.25, 0.3) is 0 Å². The number of nitriles is 1. The summed E-state index contributed by atoms with van der Waals surface area (Å²) in [6.45, 7) is -0.416. The quantitative estimate of drug-likeness (QED) is 0.868. The standard InChI is InChI=1S/C14H10N2O4S/c15-5-8-11(10-2-1-3-21-10)13-12(20-14(8)16)9(18)4-7(6-17)19-13/h1-4,11,17H,6,16H2/t11-/m0/s1. The molecule has 106 valence electrons. The molecule has 0 aromatic carbocycles. The average molecular weight is 302 g/mol. The summed E-state index contributed by atoms with van der Waals surface area (Å²) in [6.07, 6.45) is 0. The third-order valence-electron chi connectivity index (χ3n) is 3.11. The van der Waals surface area contributed by atoms with Gasteiger partial charge in [-0.1, -0.05) is 6.07 Å². The topological polar surface area (TPSA) is 109 Å². The van der Waals surface area contributed by atoms with Crippen LogP contribution in [0.3, 0.4) is 0 Å². The molecule has 0 aliphatic carbocycles. The van der Waals surface area contributed by atoms with E-state index in [1.54, 1.807) is 0 Å². The Morgan fingerprint density at radius 3 is 2.95 bits per heavy atom. The summed E-state index contributed by atoms with van der Waals surface area (Å²) in [5, 5.41) is 20.4. The monoisotopic (exact) mass is 302 g/mol. The van der Waals surface area contributed by atoms with E-state index in [1.807, 2.05) is 23.6 Å². The van der Waals surface area contributed by atoms with Gasteiger partial charge in [-0.2, -0.15) is 5.26 Å². The SMILES string of the molecule is N#CC1=C(N)Oc2c(oc(CO)cc2=O)[C@@H]1c1cccs1. The summed E-state index contributed by atoms with van der Waals surface area (Å²) < 4.78 is 10.8. The highest BCUT2D eigenvalue weighted by atomic mass is 32.1. The highest BCUT2D eigenvalue weighted by molar-refractivity contribution is 7.10. The predicted octanol–water partition coefficient (Wildman–Crippen LogP) is 1.41. The third kappa shape index (κ3) is 2.11. The normalized spacial score (nSPS) is 17.0. The maximum atomic E-state index is 12.0. The molecule has 7 heteroatoms. The van der Waals surface area contributed by atoms with Crippen LogP contribution in [0.2, 0.25) is 0 Å². The number of hydrogen-bond donors (Lipinski definition) is 2. The summed E-state index contributed by atoms with van der Waals surface area (Å²) in [5.74, 6) is -0.436. The van der Waals surface area contributed by atoms with E-state index in [1.165, 1.54) is 11.3 Å². The maximum Gasteiger partial charge on any atom is 0.228 e. The smallest absolute Gasteiger partial charge is 0.228 e. The minimum atomic E-state index is -0.599. The number of nitrogens with zero attached hydrogens (tertiary/aromatic N) is 1. The molecule has 0 spiro atoms. The van der Waals surface area contributed by atoms with Crippen molar-refractivity contribution >= 4 is 11.3 Å². The van der Waals surface area contributed by atoms with Crippen molar-refractivity contribution in [2.45, 2.75) is 12.5 Å². The summed E-state index contributed by atoms with van der Waals surface area (Å²) in [6, 6.07) is 6.80. The van der Waals surface area contributed by atoms with Crippen LogP contribution in [0.15, 0.2) is 44.2 Å². The van der Waals surface area contributed by atoms with Crippen molar-refractivity contribution in [3.63, 3.8) is 0 Å². The second-order valence-corrected chi connectivity index (χ2v) is 5.35. The number of rotatable bonds is 2. The Morgan fingerprint density at radius 1 is 1.52 bits per heavy atom. The number of fused-ring (bicyclic) bond motifs is 1. The number of nitrogens with two attached hydrogens (primary N) is 1. The number of aliphatic hydroxyl groups excluding tert-OH is 1. The Labute approximate surface area is 123 Å². The lowest BCUT2D eigenvalue weighted by Crippen LogP contribution is -2.25. The van der Waals surface area contributed by atoms with Gasteiger partial charge in [0.2, 0.25) is 17.1 Å². The van der Waals surface area contributed by atoms with Crippen molar-refractivity contribution < 1.29 is 14.3 Å². The van der Waals surface area contributed by atoms with Crippen LogP contribution in [0.5, 0.6) is 5.75 Å². The first kappa shape index (κ1) is 13.4. The number of aliphatic hydroxyl groups is 1. The number of hydrogen-bond acceptors (Lipinski definition) is 7. The van der Waals surface area contributed by atoms with Crippen LogP contribution in [-0.4, -0.2) is 5.11 Å². The number of allylic oxidation sites excluding steroid dienone is 1. The van der Waals surface area contributed by atoms with Gasteiger partial charge in [0.15, 0.2) is 5.76 Å². The summed E-state index contributed by atoms with van der Waals surface area (Å²) in [7, 11) is 0. The van der Waals surface area contributed by atoms with Crippen molar-refractivity contribution in [3.8, 4) is 11.8 Å². The molecule has 0 unspecified atom stereocenters. The van der Waals surface area contributed by atoms with Gasteiger partial charge >= 0.3 is 0 Å². The largest absolute Gasteiger partial charge is 0.458 e. The molecule has 0 saturated carbocycles. The molecule has 0 amide bonds. The van der Waals surface area contributed by atoms with Crippen molar-refractivity contribution in [2.24, 2.45) is 5.73 Å². The van der Waals surface area contributed by atoms with Crippen LogP contribution in [0.4, 0.5) is 0 Å². The lowest BCUT2D eigenvalue weighted by Gasteiger charge is -2.23. The number of ether oxygens (including phenoxy) is 1. The Balaban J connectivity index is 2.30. The molecular formula is C14H10N2O4S. The minimum Gasteiger partial charge on any atom is -0.458 e. The summed E-state index contributed by atoms with van der Waals surface area (Å²) in [4.78, 5) is 12.8. The maximum absolute atomic E-state index is 12.0. The van der Waals surface area contributed by atoms with Gasteiger partial charge in [-0.05, 0) is 11.4 Å². The molecule has 0 bridgehead atoms. The summed E-state index contributed by atoms with van der Waals surface area (Å²) in [5.41, 5.74) is 5.49. The molecule has 1 aliphatic rings. The lowest BCUT2D eigenvalue weighted by molar-refractivity contribution is 0.232. The van der Waals surface area contributed by atoms with Gasteiger partial charge in [0, 0.05) is 10.9 Å². The van der Waals surface area contributed by atoms with E-state index in [0.29, 0.717) is 0 Å². The molecule has 6 nitrogen and oxygen atoms in total. The van der Waals surface area contributed by atoms with E-state index in [4.69, 9.17) is 14.9 Å². The van der Waals surface area contributed by atoms with E-state index in [0.717, 1.165) is 10.9 Å². The van der Waals surface area contributed by atoms with Gasteiger partial charge in [-0.3, -0.25) is 4.79 Å². The van der Waals surface area contributed by atoms with Crippen molar-refractivity contribution in [1.29, 1.82) is 5.26 Å². The first-order valence-electron chi connectivity index (χ1n) is 6.04. The van der Waals surface area contributed by atoms with Crippen LogP contribution in [0.25, 0.3) is 0 Å².